The molecule has 0 spiro atoms. The minimum absolute atomic E-state index is 0.174. The highest BCUT2D eigenvalue weighted by molar-refractivity contribution is 7.13. The second-order valence-electron chi connectivity index (χ2n) is 6.24. The first kappa shape index (κ1) is 19.8. The van der Waals surface area contributed by atoms with E-state index in [4.69, 9.17) is 9.15 Å². The first-order valence-corrected chi connectivity index (χ1v) is 9.82. The van der Waals surface area contributed by atoms with Crippen molar-refractivity contribution in [2.24, 2.45) is 0 Å². The number of aromatic nitrogens is 2. The standard InChI is InChI=1S/C20H21N3O4S/c1-3-9-23(12-17-21-22-19(27-17)16-8-5-10-28-16)18(24)13-26-20(25)15-7-4-6-14(2)11-15/h4-8,10-11H,3,9,12-13H2,1-2H3. The molecular formula is C20H21N3O4S. The first-order valence-electron chi connectivity index (χ1n) is 8.94. The lowest BCUT2D eigenvalue weighted by atomic mass is 10.1. The summed E-state index contributed by atoms with van der Waals surface area (Å²) < 4.78 is 10.8. The molecule has 2 heterocycles. The fourth-order valence-electron chi connectivity index (χ4n) is 2.62. The average Bonchev–Trinajstić information content (AvgIpc) is 3.37. The van der Waals surface area contributed by atoms with Gasteiger partial charge in [0.2, 0.25) is 5.89 Å². The normalized spacial score (nSPS) is 10.6. The molecule has 0 bridgehead atoms. The third kappa shape index (κ3) is 5.04. The van der Waals surface area contributed by atoms with Crippen LogP contribution in [0.15, 0.2) is 46.2 Å². The number of hydrogen-bond acceptors (Lipinski definition) is 7. The average molecular weight is 399 g/mol. The Morgan fingerprint density at radius 2 is 2.07 bits per heavy atom. The summed E-state index contributed by atoms with van der Waals surface area (Å²) in [5.74, 6) is -0.0556. The smallest absolute Gasteiger partial charge is 0.338 e. The second kappa shape index (κ2) is 9.27. The molecule has 0 radical (unpaired) electrons. The van der Waals surface area contributed by atoms with E-state index in [-0.39, 0.29) is 19.1 Å². The van der Waals surface area contributed by atoms with Gasteiger partial charge in [0.05, 0.1) is 17.0 Å². The zero-order valence-corrected chi connectivity index (χ0v) is 16.6. The highest BCUT2D eigenvalue weighted by Crippen LogP contribution is 2.23. The fraction of sp³-hybridized carbons (Fsp3) is 0.300. The predicted octanol–water partition coefficient (Wildman–Crippen LogP) is 3.70. The SMILES string of the molecule is CCCN(Cc1nnc(-c2cccs2)o1)C(=O)COC(=O)c1cccc(C)c1. The van der Waals surface area contributed by atoms with E-state index in [1.54, 1.807) is 23.1 Å². The van der Waals surface area contributed by atoms with Gasteiger partial charge in [-0.05, 0) is 36.9 Å². The summed E-state index contributed by atoms with van der Waals surface area (Å²) in [5.41, 5.74) is 1.37. The summed E-state index contributed by atoms with van der Waals surface area (Å²) in [5, 5.41) is 9.97. The van der Waals surface area contributed by atoms with Gasteiger partial charge in [-0.25, -0.2) is 4.79 Å². The molecular weight excluding hydrogens is 378 g/mol. The van der Waals surface area contributed by atoms with E-state index in [0.717, 1.165) is 16.9 Å². The Labute approximate surface area is 167 Å². The summed E-state index contributed by atoms with van der Waals surface area (Å²) in [6.07, 6.45) is 0.753. The molecule has 146 valence electrons. The highest BCUT2D eigenvalue weighted by atomic mass is 32.1. The molecule has 0 N–H and O–H groups in total. The Hall–Kier alpha value is -3.00. The number of hydrogen-bond donors (Lipinski definition) is 0. The topological polar surface area (TPSA) is 85.5 Å². The molecule has 8 heteroatoms. The molecule has 0 saturated heterocycles. The predicted molar refractivity (Wildman–Crippen MR) is 105 cm³/mol. The number of nitrogens with zero attached hydrogens (tertiary/aromatic N) is 3. The van der Waals surface area contributed by atoms with Gasteiger partial charge in [0, 0.05) is 6.54 Å². The lowest BCUT2D eigenvalue weighted by Gasteiger charge is -2.20. The number of amides is 1. The summed E-state index contributed by atoms with van der Waals surface area (Å²) >= 11 is 1.50. The number of esters is 1. The number of ether oxygens (including phenoxy) is 1. The third-order valence-electron chi connectivity index (χ3n) is 3.95. The number of carbonyl (C=O) groups excluding carboxylic acids is 2. The summed E-state index contributed by atoms with van der Waals surface area (Å²) in [4.78, 5) is 27.1. The summed E-state index contributed by atoms with van der Waals surface area (Å²) in [6.45, 7) is 4.19. The largest absolute Gasteiger partial charge is 0.452 e. The van der Waals surface area contributed by atoms with Crippen LogP contribution in [0, 0.1) is 6.92 Å². The summed E-state index contributed by atoms with van der Waals surface area (Å²) in [7, 11) is 0. The van der Waals surface area contributed by atoms with Crippen molar-refractivity contribution >= 4 is 23.2 Å². The molecule has 3 rings (SSSR count). The van der Waals surface area contributed by atoms with Crippen LogP contribution in [0.25, 0.3) is 10.8 Å². The highest BCUT2D eigenvalue weighted by Gasteiger charge is 2.19. The third-order valence-corrected chi connectivity index (χ3v) is 4.81. The van der Waals surface area contributed by atoms with Gasteiger partial charge in [-0.3, -0.25) is 4.79 Å². The van der Waals surface area contributed by atoms with Gasteiger partial charge in [0.25, 0.3) is 11.8 Å². The van der Waals surface area contributed by atoms with E-state index in [0.29, 0.717) is 23.9 Å². The molecule has 0 aliphatic carbocycles. The van der Waals surface area contributed by atoms with E-state index in [9.17, 15) is 9.59 Å². The van der Waals surface area contributed by atoms with E-state index in [2.05, 4.69) is 10.2 Å². The quantitative estimate of drug-likeness (QED) is 0.537. The van der Waals surface area contributed by atoms with E-state index in [1.165, 1.54) is 11.3 Å². The van der Waals surface area contributed by atoms with Gasteiger partial charge in [0.1, 0.15) is 0 Å². The fourth-order valence-corrected chi connectivity index (χ4v) is 3.26. The van der Waals surface area contributed by atoms with Crippen LogP contribution in [-0.4, -0.2) is 40.1 Å². The Balaban J connectivity index is 1.60. The van der Waals surface area contributed by atoms with Crippen LogP contribution in [0.1, 0.15) is 35.2 Å². The zero-order valence-electron chi connectivity index (χ0n) is 15.8. The number of benzene rings is 1. The monoisotopic (exact) mass is 399 g/mol. The van der Waals surface area contributed by atoms with Gasteiger partial charge < -0.3 is 14.1 Å². The Kier molecular flexibility index (Phi) is 6.54. The van der Waals surface area contributed by atoms with Gasteiger partial charge >= 0.3 is 5.97 Å². The van der Waals surface area contributed by atoms with Crippen molar-refractivity contribution in [3.8, 4) is 10.8 Å². The van der Waals surface area contributed by atoms with Gasteiger partial charge in [-0.15, -0.1) is 21.5 Å². The van der Waals surface area contributed by atoms with Crippen molar-refractivity contribution in [3.63, 3.8) is 0 Å². The maximum absolute atomic E-state index is 12.5. The van der Waals surface area contributed by atoms with Crippen molar-refractivity contribution in [2.45, 2.75) is 26.8 Å². The van der Waals surface area contributed by atoms with Crippen molar-refractivity contribution in [1.82, 2.24) is 15.1 Å². The lowest BCUT2D eigenvalue weighted by Crippen LogP contribution is -2.35. The molecule has 2 aromatic heterocycles. The molecule has 0 unspecified atom stereocenters. The number of aryl methyl sites for hydroxylation is 1. The molecule has 0 aliphatic rings. The maximum atomic E-state index is 12.5. The molecule has 0 atom stereocenters. The van der Waals surface area contributed by atoms with Crippen molar-refractivity contribution < 1.29 is 18.7 Å². The van der Waals surface area contributed by atoms with Crippen LogP contribution < -0.4 is 0 Å². The minimum Gasteiger partial charge on any atom is -0.452 e. The van der Waals surface area contributed by atoms with Crippen molar-refractivity contribution in [3.05, 3.63) is 58.8 Å². The molecule has 0 saturated carbocycles. The number of carbonyl (C=O) groups is 2. The zero-order chi connectivity index (χ0) is 19.9. The van der Waals surface area contributed by atoms with Crippen molar-refractivity contribution in [2.75, 3.05) is 13.2 Å². The van der Waals surface area contributed by atoms with Gasteiger partial charge in [-0.1, -0.05) is 30.7 Å². The number of thiophene rings is 1. The maximum Gasteiger partial charge on any atom is 0.338 e. The Morgan fingerprint density at radius 1 is 1.21 bits per heavy atom. The molecule has 3 aromatic rings. The lowest BCUT2D eigenvalue weighted by molar-refractivity contribution is -0.135. The van der Waals surface area contributed by atoms with E-state index >= 15 is 0 Å². The van der Waals surface area contributed by atoms with Crippen LogP contribution in [-0.2, 0) is 16.1 Å². The summed E-state index contributed by atoms with van der Waals surface area (Å²) in [6, 6.07) is 10.8. The van der Waals surface area contributed by atoms with Crippen LogP contribution in [0.4, 0.5) is 0 Å². The van der Waals surface area contributed by atoms with Gasteiger partial charge in [-0.2, -0.15) is 0 Å². The van der Waals surface area contributed by atoms with Crippen molar-refractivity contribution in [1.29, 1.82) is 0 Å². The Bertz CT molecular complexity index is 937. The van der Waals surface area contributed by atoms with E-state index < -0.39 is 5.97 Å². The first-order chi connectivity index (χ1) is 13.6. The molecule has 0 aliphatic heterocycles. The van der Waals surface area contributed by atoms with Crippen LogP contribution in [0.5, 0.6) is 0 Å². The van der Waals surface area contributed by atoms with Crippen LogP contribution >= 0.6 is 11.3 Å². The van der Waals surface area contributed by atoms with Gasteiger partial charge in [0.15, 0.2) is 6.61 Å². The van der Waals surface area contributed by atoms with E-state index in [1.807, 2.05) is 37.4 Å². The number of rotatable bonds is 8. The second-order valence-corrected chi connectivity index (χ2v) is 7.19. The molecule has 7 nitrogen and oxygen atoms in total. The Morgan fingerprint density at radius 3 is 2.79 bits per heavy atom. The molecule has 28 heavy (non-hydrogen) atoms. The molecule has 1 aromatic carbocycles. The minimum atomic E-state index is -0.522. The molecule has 0 fully saturated rings. The van der Waals surface area contributed by atoms with Crippen LogP contribution in [0.2, 0.25) is 0 Å². The molecule has 1 amide bonds. The van der Waals surface area contributed by atoms with Crippen LogP contribution in [0.3, 0.4) is 0 Å².